The van der Waals surface area contributed by atoms with Crippen LogP contribution in [0.15, 0.2) is 30.5 Å². The lowest BCUT2D eigenvalue weighted by Gasteiger charge is -2.21. The second-order valence-corrected chi connectivity index (χ2v) is 8.72. The van der Waals surface area contributed by atoms with Crippen LogP contribution in [0, 0.1) is 0 Å². The molecule has 0 bridgehead atoms. The number of nitrogens with one attached hydrogen (secondary N) is 2. The van der Waals surface area contributed by atoms with E-state index in [9.17, 15) is 14.7 Å². The van der Waals surface area contributed by atoms with Crippen molar-refractivity contribution >= 4 is 23.2 Å². The third-order valence-corrected chi connectivity index (χ3v) is 6.11. The highest BCUT2D eigenvalue weighted by Crippen LogP contribution is 2.24. The number of benzene rings is 1. The van der Waals surface area contributed by atoms with Crippen molar-refractivity contribution in [3.63, 3.8) is 0 Å². The molecule has 0 saturated heterocycles. The van der Waals surface area contributed by atoms with Crippen LogP contribution in [0.4, 0.5) is 0 Å². The van der Waals surface area contributed by atoms with Gasteiger partial charge in [-0.25, -0.2) is 4.98 Å². The number of aromatic nitrogens is 1. The van der Waals surface area contributed by atoms with Crippen LogP contribution >= 0.6 is 11.3 Å². The number of amides is 2. The van der Waals surface area contributed by atoms with Gasteiger partial charge >= 0.3 is 0 Å². The maximum atomic E-state index is 12.9. The molecular weight excluding hydrogens is 398 g/mol. The predicted octanol–water partition coefficient (Wildman–Crippen LogP) is 4.29. The summed E-state index contributed by atoms with van der Waals surface area (Å²) in [5.41, 5.74) is 0.860. The van der Waals surface area contributed by atoms with E-state index in [-0.39, 0.29) is 23.6 Å². The molecule has 0 spiro atoms. The molecule has 2 amide bonds. The van der Waals surface area contributed by atoms with Gasteiger partial charge in [0.15, 0.2) is 0 Å². The van der Waals surface area contributed by atoms with Crippen molar-refractivity contribution in [1.82, 2.24) is 15.6 Å². The molecule has 0 aliphatic heterocycles. The van der Waals surface area contributed by atoms with E-state index < -0.39 is 6.04 Å². The number of carbonyl (C=O) groups is 2. The predicted molar refractivity (Wildman–Crippen MR) is 121 cm³/mol. The molecule has 2 aromatic rings. The molecule has 2 atom stereocenters. The quantitative estimate of drug-likeness (QED) is 0.437. The fourth-order valence-electron chi connectivity index (χ4n) is 3.26. The van der Waals surface area contributed by atoms with E-state index in [0.29, 0.717) is 6.42 Å². The first-order valence-electron chi connectivity index (χ1n) is 10.7. The molecule has 1 aromatic heterocycles. The number of aromatic hydroxyl groups is 1. The van der Waals surface area contributed by atoms with Gasteiger partial charge in [0.1, 0.15) is 16.8 Å². The van der Waals surface area contributed by atoms with E-state index in [1.807, 2.05) is 13.1 Å². The minimum Gasteiger partial charge on any atom is -0.508 e. The van der Waals surface area contributed by atoms with Crippen LogP contribution in [0.25, 0.3) is 0 Å². The molecule has 2 unspecified atom stereocenters. The summed E-state index contributed by atoms with van der Waals surface area (Å²) in [5.74, 6) is -0.324. The first kappa shape index (κ1) is 23.9. The van der Waals surface area contributed by atoms with E-state index in [1.165, 1.54) is 31.1 Å². The van der Waals surface area contributed by atoms with Crippen molar-refractivity contribution in [2.75, 3.05) is 0 Å². The lowest BCUT2D eigenvalue weighted by Crippen LogP contribution is -2.48. The second-order valence-electron chi connectivity index (χ2n) is 7.57. The first-order valence-corrected chi connectivity index (χ1v) is 11.5. The van der Waals surface area contributed by atoms with Gasteiger partial charge in [-0.3, -0.25) is 9.59 Å². The van der Waals surface area contributed by atoms with Gasteiger partial charge in [-0.15, -0.1) is 11.3 Å². The van der Waals surface area contributed by atoms with Crippen LogP contribution in [0.5, 0.6) is 5.75 Å². The Labute approximate surface area is 183 Å². The van der Waals surface area contributed by atoms with Crippen molar-refractivity contribution < 1.29 is 14.7 Å². The largest absolute Gasteiger partial charge is 0.508 e. The van der Waals surface area contributed by atoms with Crippen molar-refractivity contribution in [1.29, 1.82) is 0 Å². The topological polar surface area (TPSA) is 91.3 Å². The number of phenolic OH excluding ortho intramolecular Hbond substituents is 1. The van der Waals surface area contributed by atoms with Gasteiger partial charge in [0.2, 0.25) is 11.8 Å². The van der Waals surface area contributed by atoms with Crippen LogP contribution in [0.3, 0.4) is 0 Å². The zero-order valence-electron chi connectivity index (χ0n) is 18.1. The van der Waals surface area contributed by atoms with Crippen LogP contribution < -0.4 is 10.6 Å². The standard InChI is InChI=1S/C23H33N3O3S/c1-4-6-7-8-9-19-15-24-23(30-19)20(5-2)26-22(29)21(25-16(3)27)14-17-10-12-18(28)13-11-17/h10-13,15,20-21,28H,4-9,14H2,1-3H3,(H,25,27)(H,26,29). The van der Waals surface area contributed by atoms with Gasteiger partial charge in [-0.05, 0) is 37.0 Å². The number of unbranched alkanes of at least 4 members (excludes halogenated alkanes) is 3. The highest BCUT2D eigenvalue weighted by molar-refractivity contribution is 7.11. The van der Waals surface area contributed by atoms with Gasteiger partial charge in [-0.2, -0.15) is 0 Å². The molecule has 164 valence electrons. The molecule has 6 nitrogen and oxygen atoms in total. The number of phenols is 1. The van der Waals surface area contributed by atoms with E-state index in [1.54, 1.807) is 35.6 Å². The summed E-state index contributed by atoms with van der Waals surface area (Å²) in [6.45, 7) is 5.62. The molecule has 30 heavy (non-hydrogen) atoms. The normalized spacial score (nSPS) is 12.9. The highest BCUT2D eigenvalue weighted by Gasteiger charge is 2.24. The van der Waals surface area contributed by atoms with Crippen molar-refractivity contribution in [2.24, 2.45) is 0 Å². The number of thiazole rings is 1. The number of aryl methyl sites for hydroxylation is 1. The molecule has 0 aliphatic carbocycles. The van der Waals surface area contributed by atoms with E-state index >= 15 is 0 Å². The Morgan fingerprint density at radius 3 is 2.47 bits per heavy atom. The third kappa shape index (κ3) is 7.78. The summed E-state index contributed by atoms with van der Waals surface area (Å²) in [7, 11) is 0. The number of rotatable bonds is 12. The summed E-state index contributed by atoms with van der Waals surface area (Å²) in [5, 5.41) is 16.1. The second kappa shape index (κ2) is 12.3. The van der Waals surface area contributed by atoms with Crippen molar-refractivity contribution in [2.45, 2.75) is 77.8 Å². The molecule has 3 N–H and O–H groups in total. The Kier molecular flexibility index (Phi) is 9.80. The maximum absolute atomic E-state index is 12.9. The zero-order valence-corrected chi connectivity index (χ0v) is 18.9. The SMILES string of the molecule is CCCCCCc1cnc(C(CC)NC(=O)C(Cc2ccc(O)cc2)NC(C)=O)s1. The molecule has 7 heteroatoms. The summed E-state index contributed by atoms with van der Waals surface area (Å²) in [4.78, 5) is 30.4. The molecule has 2 rings (SSSR count). The number of hydrogen-bond acceptors (Lipinski definition) is 5. The van der Waals surface area contributed by atoms with Gasteiger partial charge < -0.3 is 15.7 Å². The zero-order chi connectivity index (χ0) is 21.9. The maximum Gasteiger partial charge on any atom is 0.243 e. The fourth-order valence-corrected chi connectivity index (χ4v) is 4.35. The molecule has 1 aromatic carbocycles. The Hall–Kier alpha value is -2.41. The highest BCUT2D eigenvalue weighted by atomic mass is 32.1. The summed E-state index contributed by atoms with van der Waals surface area (Å²) < 4.78 is 0. The monoisotopic (exact) mass is 431 g/mol. The Morgan fingerprint density at radius 1 is 1.10 bits per heavy atom. The average molecular weight is 432 g/mol. The third-order valence-electron chi connectivity index (χ3n) is 4.94. The van der Waals surface area contributed by atoms with Crippen molar-refractivity contribution in [3.05, 3.63) is 45.9 Å². The van der Waals surface area contributed by atoms with Crippen LogP contribution in [-0.2, 0) is 22.4 Å². The molecular formula is C23H33N3O3S. The fraction of sp³-hybridized carbons (Fsp3) is 0.522. The van der Waals surface area contributed by atoms with Gasteiger partial charge in [0.25, 0.3) is 0 Å². The van der Waals surface area contributed by atoms with Gasteiger partial charge in [-0.1, -0.05) is 45.2 Å². The number of nitrogens with zero attached hydrogens (tertiary/aromatic N) is 1. The van der Waals surface area contributed by atoms with E-state index in [2.05, 4.69) is 22.5 Å². The first-order chi connectivity index (χ1) is 14.4. The van der Waals surface area contributed by atoms with Crippen LogP contribution in [0.2, 0.25) is 0 Å². The van der Waals surface area contributed by atoms with E-state index in [4.69, 9.17) is 0 Å². The lowest BCUT2D eigenvalue weighted by atomic mass is 10.0. The Balaban J connectivity index is 2.01. The van der Waals surface area contributed by atoms with E-state index in [0.717, 1.165) is 29.8 Å². The van der Waals surface area contributed by atoms with Crippen molar-refractivity contribution in [3.8, 4) is 5.75 Å². The summed E-state index contributed by atoms with van der Waals surface area (Å²) in [6, 6.07) is 5.79. The van der Waals surface area contributed by atoms with Gasteiger partial charge in [0.05, 0.1) is 6.04 Å². The average Bonchev–Trinajstić information content (AvgIpc) is 3.18. The van der Waals surface area contributed by atoms with Gasteiger partial charge in [0, 0.05) is 24.4 Å². The Bertz CT molecular complexity index is 804. The van der Waals surface area contributed by atoms with Crippen LogP contribution in [0.1, 0.15) is 74.4 Å². The molecule has 0 fully saturated rings. The molecule has 0 radical (unpaired) electrons. The molecule has 1 heterocycles. The smallest absolute Gasteiger partial charge is 0.243 e. The minimum atomic E-state index is -0.686. The summed E-state index contributed by atoms with van der Waals surface area (Å²) >= 11 is 1.66. The summed E-state index contributed by atoms with van der Waals surface area (Å²) in [6.07, 6.45) is 8.88. The number of carbonyl (C=O) groups excluding carboxylic acids is 2. The number of hydrogen-bond donors (Lipinski definition) is 3. The molecule has 0 saturated carbocycles. The molecule has 0 aliphatic rings. The minimum absolute atomic E-state index is 0.166. The van der Waals surface area contributed by atoms with Crippen LogP contribution in [-0.4, -0.2) is 27.9 Å². The Morgan fingerprint density at radius 2 is 1.83 bits per heavy atom. The lowest BCUT2D eigenvalue weighted by molar-refractivity contribution is -0.128.